The third kappa shape index (κ3) is 3.11. The second kappa shape index (κ2) is 7.22. The van der Waals surface area contributed by atoms with Crippen LogP contribution in [-0.2, 0) is 15.1 Å². The molecular weight excluding hydrogens is 308 g/mol. The number of hydrogen-bond acceptors (Lipinski definition) is 2. The first-order valence-electron chi connectivity index (χ1n) is 8.82. The van der Waals surface area contributed by atoms with Crippen molar-refractivity contribution >= 4 is 0 Å². The average molecular weight is 330 g/mol. The van der Waals surface area contributed by atoms with Crippen LogP contribution in [0.25, 0.3) is 0 Å². The number of hydrogen-bond donors (Lipinski definition) is 0. The quantitative estimate of drug-likeness (QED) is 0.605. The van der Waals surface area contributed by atoms with Crippen LogP contribution in [0.1, 0.15) is 23.1 Å². The van der Waals surface area contributed by atoms with E-state index in [0.29, 0.717) is 6.61 Å². The van der Waals surface area contributed by atoms with E-state index in [2.05, 4.69) is 72.8 Å². The Morgan fingerprint density at radius 2 is 1.12 bits per heavy atom. The normalized spacial score (nSPS) is 17.0. The van der Waals surface area contributed by atoms with Crippen molar-refractivity contribution in [2.45, 2.75) is 18.1 Å². The van der Waals surface area contributed by atoms with E-state index < -0.39 is 5.60 Å². The van der Waals surface area contributed by atoms with Gasteiger partial charge in [-0.3, -0.25) is 0 Å². The molecule has 0 bridgehead atoms. The fourth-order valence-corrected chi connectivity index (χ4v) is 3.40. The van der Waals surface area contributed by atoms with Crippen LogP contribution < -0.4 is 0 Å². The Balaban J connectivity index is 1.87. The maximum absolute atomic E-state index is 6.67. The first-order chi connectivity index (χ1) is 12.4. The van der Waals surface area contributed by atoms with Gasteiger partial charge in [-0.2, -0.15) is 0 Å². The minimum absolute atomic E-state index is 0.190. The summed E-state index contributed by atoms with van der Waals surface area (Å²) in [5.41, 5.74) is 2.76. The zero-order chi connectivity index (χ0) is 17.0. The summed E-state index contributed by atoms with van der Waals surface area (Å²) in [5, 5.41) is 0. The van der Waals surface area contributed by atoms with Crippen LogP contribution in [0.4, 0.5) is 0 Å². The Morgan fingerprint density at radius 1 is 0.720 bits per heavy atom. The Kier molecular flexibility index (Phi) is 4.64. The maximum Gasteiger partial charge on any atom is 0.143 e. The second-order valence-corrected chi connectivity index (χ2v) is 6.37. The Hall–Kier alpha value is -2.42. The van der Waals surface area contributed by atoms with Gasteiger partial charge >= 0.3 is 0 Å². The molecule has 1 aliphatic rings. The van der Waals surface area contributed by atoms with Crippen molar-refractivity contribution in [2.24, 2.45) is 0 Å². The summed E-state index contributed by atoms with van der Waals surface area (Å²) in [5.74, 6) is 0. The van der Waals surface area contributed by atoms with Crippen molar-refractivity contribution in [3.63, 3.8) is 0 Å². The minimum atomic E-state index is -0.636. The van der Waals surface area contributed by atoms with Gasteiger partial charge in [0.2, 0.25) is 0 Å². The zero-order valence-corrected chi connectivity index (χ0v) is 14.2. The van der Waals surface area contributed by atoms with Crippen molar-refractivity contribution < 1.29 is 9.47 Å². The molecule has 126 valence electrons. The number of benzene rings is 3. The zero-order valence-electron chi connectivity index (χ0n) is 14.2. The van der Waals surface area contributed by atoms with Crippen LogP contribution in [0.3, 0.4) is 0 Å². The summed E-state index contributed by atoms with van der Waals surface area (Å²) in [6.07, 6.45) is 1.25. The highest BCUT2D eigenvalue weighted by molar-refractivity contribution is 5.47. The molecule has 1 fully saturated rings. The standard InChI is InChI=1S/C23H22O2/c1-4-10-19(11-5-1)23(20-12-6-2-7-13-20,21-14-8-3-9-15-21)25-18-22-16-17-24-22/h1-15,22H,16-18H2/t22-/m0/s1. The third-order valence-corrected chi connectivity index (χ3v) is 4.82. The SMILES string of the molecule is c1ccc(C(OC[C@@H]2CCO2)(c2ccccc2)c2ccccc2)cc1. The van der Waals surface area contributed by atoms with Crippen molar-refractivity contribution in [3.8, 4) is 0 Å². The average Bonchev–Trinajstić information content (AvgIpc) is 2.66. The van der Waals surface area contributed by atoms with Gasteiger partial charge < -0.3 is 9.47 Å². The van der Waals surface area contributed by atoms with Gasteiger partial charge in [0, 0.05) is 6.61 Å². The lowest BCUT2D eigenvalue weighted by Crippen LogP contribution is -2.39. The fraction of sp³-hybridized carbons (Fsp3) is 0.217. The first-order valence-corrected chi connectivity index (χ1v) is 8.82. The van der Waals surface area contributed by atoms with Crippen LogP contribution in [0.5, 0.6) is 0 Å². The molecule has 0 unspecified atom stereocenters. The molecule has 0 saturated carbocycles. The molecule has 25 heavy (non-hydrogen) atoms. The predicted octanol–water partition coefficient (Wildman–Crippen LogP) is 4.78. The summed E-state index contributed by atoms with van der Waals surface area (Å²) in [7, 11) is 0. The van der Waals surface area contributed by atoms with E-state index in [1.165, 1.54) is 0 Å². The van der Waals surface area contributed by atoms with E-state index in [9.17, 15) is 0 Å². The molecule has 0 aromatic heterocycles. The van der Waals surface area contributed by atoms with Crippen LogP contribution in [0.2, 0.25) is 0 Å². The molecule has 4 rings (SSSR count). The molecule has 1 saturated heterocycles. The third-order valence-electron chi connectivity index (χ3n) is 4.82. The van der Waals surface area contributed by atoms with Crippen molar-refractivity contribution in [2.75, 3.05) is 13.2 Å². The molecule has 0 spiro atoms. The summed E-state index contributed by atoms with van der Waals surface area (Å²) in [6, 6.07) is 31.4. The number of ether oxygens (including phenoxy) is 2. The monoisotopic (exact) mass is 330 g/mol. The lowest BCUT2D eigenvalue weighted by atomic mass is 9.80. The van der Waals surface area contributed by atoms with Crippen molar-refractivity contribution in [3.05, 3.63) is 108 Å². The van der Waals surface area contributed by atoms with E-state index in [1.54, 1.807) is 0 Å². The smallest absolute Gasteiger partial charge is 0.143 e. The summed E-state index contributed by atoms with van der Waals surface area (Å²) >= 11 is 0. The highest BCUT2D eigenvalue weighted by Gasteiger charge is 2.38. The largest absolute Gasteiger partial charge is 0.376 e. The first kappa shape index (κ1) is 16.1. The highest BCUT2D eigenvalue weighted by atomic mass is 16.6. The molecule has 1 atom stereocenters. The molecule has 3 aromatic carbocycles. The van der Waals surface area contributed by atoms with E-state index >= 15 is 0 Å². The van der Waals surface area contributed by atoms with Crippen LogP contribution in [0, 0.1) is 0 Å². The minimum Gasteiger partial charge on any atom is -0.376 e. The molecule has 0 amide bonds. The Labute approximate surface area is 149 Å². The van der Waals surface area contributed by atoms with Gasteiger partial charge in [-0.1, -0.05) is 91.0 Å². The van der Waals surface area contributed by atoms with E-state index in [4.69, 9.17) is 9.47 Å². The molecule has 1 aliphatic heterocycles. The van der Waals surface area contributed by atoms with E-state index in [1.807, 2.05) is 18.2 Å². The van der Waals surface area contributed by atoms with Crippen LogP contribution >= 0.6 is 0 Å². The predicted molar refractivity (Wildman–Crippen MR) is 99.5 cm³/mol. The Morgan fingerprint density at radius 3 is 1.44 bits per heavy atom. The van der Waals surface area contributed by atoms with Crippen molar-refractivity contribution in [1.29, 1.82) is 0 Å². The van der Waals surface area contributed by atoms with Gasteiger partial charge in [-0.15, -0.1) is 0 Å². The molecule has 2 nitrogen and oxygen atoms in total. The van der Waals surface area contributed by atoms with E-state index in [-0.39, 0.29) is 6.10 Å². The van der Waals surface area contributed by atoms with E-state index in [0.717, 1.165) is 29.7 Å². The van der Waals surface area contributed by atoms with Gasteiger partial charge in [0.15, 0.2) is 0 Å². The van der Waals surface area contributed by atoms with Gasteiger partial charge in [-0.05, 0) is 23.1 Å². The van der Waals surface area contributed by atoms with Gasteiger partial charge in [-0.25, -0.2) is 0 Å². The highest BCUT2D eigenvalue weighted by Crippen LogP contribution is 2.40. The van der Waals surface area contributed by atoms with Gasteiger partial charge in [0.05, 0.1) is 12.7 Å². The summed E-state index contributed by atoms with van der Waals surface area (Å²) < 4.78 is 12.3. The number of rotatable bonds is 6. The van der Waals surface area contributed by atoms with Crippen LogP contribution in [-0.4, -0.2) is 19.3 Å². The van der Waals surface area contributed by atoms with Crippen molar-refractivity contribution in [1.82, 2.24) is 0 Å². The molecule has 0 aliphatic carbocycles. The fourth-order valence-electron chi connectivity index (χ4n) is 3.40. The summed E-state index contributed by atoms with van der Waals surface area (Å²) in [6.45, 7) is 1.42. The lowest BCUT2D eigenvalue weighted by molar-refractivity contribution is -0.120. The molecular formula is C23H22O2. The maximum atomic E-state index is 6.67. The van der Waals surface area contributed by atoms with Gasteiger partial charge in [0.25, 0.3) is 0 Å². The molecule has 0 N–H and O–H groups in total. The second-order valence-electron chi connectivity index (χ2n) is 6.37. The van der Waals surface area contributed by atoms with Crippen LogP contribution in [0.15, 0.2) is 91.0 Å². The molecule has 0 radical (unpaired) electrons. The summed E-state index contributed by atoms with van der Waals surface area (Å²) in [4.78, 5) is 0. The topological polar surface area (TPSA) is 18.5 Å². The lowest BCUT2D eigenvalue weighted by Gasteiger charge is -2.38. The molecule has 1 heterocycles. The van der Waals surface area contributed by atoms with Gasteiger partial charge in [0.1, 0.15) is 5.60 Å². The Bertz CT molecular complexity index is 683. The molecule has 3 aromatic rings. The molecule has 2 heteroatoms.